The quantitative estimate of drug-likeness (QED) is 0.863. The van der Waals surface area contributed by atoms with E-state index in [0.29, 0.717) is 6.04 Å². The van der Waals surface area contributed by atoms with Crippen molar-refractivity contribution >= 4 is 0 Å². The van der Waals surface area contributed by atoms with Crippen molar-refractivity contribution in [2.75, 3.05) is 0 Å². The Hall–Kier alpha value is -1.75. The highest BCUT2D eigenvalue weighted by Gasteiger charge is 2.05. The molecule has 2 aromatic rings. The number of hydrogen-bond acceptors (Lipinski definition) is 4. The number of rotatable bonds is 4. The molecule has 2 aromatic heterocycles. The lowest BCUT2D eigenvalue weighted by Crippen LogP contribution is -2.22. The lowest BCUT2D eigenvalue weighted by molar-refractivity contribution is 0.581. The van der Waals surface area contributed by atoms with E-state index in [-0.39, 0.29) is 0 Å². The second kappa shape index (κ2) is 5.05. The molecule has 0 bridgehead atoms. The molecule has 0 aliphatic rings. The summed E-state index contributed by atoms with van der Waals surface area (Å²) in [6.45, 7) is 4.99. The first kappa shape index (κ1) is 11.7. The first-order valence-corrected chi connectivity index (χ1v) is 5.69. The maximum atomic E-state index is 4.50. The second-order valence-corrected chi connectivity index (χ2v) is 4.31. The number of nitrogens with zero attached hydrogens (tertiary/aromatic N) is 4. The van der Waals surface area contributed by atoms with Crippen LogP contribution >= 0.6 is 0 Å². The Kier molecular flexibility index (Phi) is 3.49. The summed E-state index contributed by atoms with van der Waals surface area (Å²) in [4.78, 5) is 8.76. The van der Waals surface area contributed by atoms with Crippen molar-refractivity contribution in [2.24, 2.45) is 7.05 Å². The Labute approximate surface area is 101 Å². The molecule has 5 nitrogen and oxygen atoms in total. The minimum Gasteiger partial charge on any atom is -0.309 e. The van der Waals surface area contributed by atoms with Crippen LogP contribution in [0.15, 0.2) is 24.7 Å². The molecular formula is C12H17N5. The molecule has 17 heavy (non-hydrogen) atoms. The summed E-state index contributed by atoms with van der Waals surface area (Å²) < 4.78 is 1.75. The van der Waals surface area contributed by atoms with E-state index in [2.05, 4.69) is 34.2 Å². The lowest BCUT2D eigenvalue weighted by atomic mass is 10.3. The van der Waals surface area contributed by atoms with Gasteiger partial charge in [-0.05, 0) is 6.07 Å². The summed E-state index contributed by atoms with van der Waals surface area (Å²) in [5, 5.41) is 7.45. The molecule has 0 radical (unpaired) electrons. The third kappa shape index (κ3) is 3.10. The van der Waals surface area contributed by atoms with E-state index in [1.54, 1.807) is 17.1 Å². The van der Waals surface area contributed by atoms with Gasteiger partial charge in [0.25, 0.3) is 0 Å². The Balaban J connectivity index is 2.16. The summed E-state index contributed by atoms with van der Waals surface area (Å²) in [7, 11) is 1.88. The zero-order chi connectivity index (χ0) is 12.3. The fourth-order valence-electron chi connectivity index (χ4n) is 1.48. The van der Waals surface area contributed by atoms with E-state index < -0.39 is 0 Å². The summed E-state index contributed by atoms with van der Waals surface area (Å²) in [5.74, 6) is 0.723. The zero-order valence-corrected chi connectivity index (χ0v) is 10.4. The van der Waals surface area contributed by atoms with Crippen molar-refractivity contribution in [3.05, 3.63) is 30.4 Å². The highest BCUT2D eigenvalue weighted by Crippen LogP contribution is 2.12. The van der Waals surface area contributed by atoms with E-state index in [4.69, 9.17) is 0 Å². The zero-order valence-electron chi connectivity index (χ0n) is 10.4. The van der Waals surface area contributed by atoms with Crippen LogP contribution in [0.4, 0.5) is 0 Å². The number of hydrogen-bond donors (Lipinski definition) is 1. The fourth-order valence-corrected chi connectivity index (χ4v) is 1.48. The molecular weight excluding hydrogens is 214 g/mol. The summed E-state index contributed by atoms with van der Waals surface area (Å²) in [6, 6.07) is 2.38. The highest BCUT2D eigenvalue weighted by molar-refractivity contribution is 5.51. The van der Waals surface area contributed by atoms with E-state index in [1.807, 2.05) is 19.3 Å². The van der Waals surface area contributed by atoms with Crippen molar-refractivity contribution in [1.82, 2.24) is 25.1 Å². The van der Waals surface area contributed by atoms with E-state index >= 15 is 0 Å². The molecule has 2 heterocycles. The van der Waals surface area contributed by atoms with Crippen LogP contribution in [0.2, 0.25) is 0 Å². The second-order valence-electron chi connectivity index (χ2n) is 4.31. The summed E-state index contributed by atoms with van der Waals surface area (Å²) >= 11 is 0. The van der Waals surface area contributed by atoms with E-state index in [9.17, 15) is 0 Å². The smallest absolute Gasteiger partial charge is 0.162 e. The monoisotopic (exact) mass is 231 g/mol. The van der Waals surface area contributed by atoms with Crippen molar-refractivity contribution < 1.29 is 0 Å². The Morgan fingerprint density at radius 1 is 1.41 bits per heavy atom. The van der Waals surface area contributed by atoms with Gasteiger partial charge >= 0.3 is 0 Å². The van der Waals surface area contributed by atoms with Crippen LogP contribution in [0.3, 0.4) is 0 Å². The molecule has 90 valence electrons. The lowest BCUT2D eigenvalue weighted by Gasteiger charge is -2.07. The molecule has 5 heteroatoms. The van der Waals surface area contributed by atoms with Gasteiger partial charge in [-0.2, -0.15) is 5.10 Å². The molecule has 0 atom stereocenters. The van der Waals surface area contributed by atoms with Crippen LogP contribution in [-0.4, -0.2) is 25.8 Å². The Bertz CT molecular complexity index is 489. The Morgan fingerprint density at radius 2 is 2.24 bits per heavy atom. The first-order valence-electron chi connectivity index (χ1n) is 5.69. The third-order valence-electron chi connectivity index (χ3n) is 2.37. The first-order chi connectivity index (χ1) is 8.15. The highest BCUT2D eigenvalue weighted by atomic mass is 15.2. The van der Waals surface area contributed by atoms with Crippen molar-refractivity contribution in [3.8, 4) is 11.4 Å². The van der Waals surface area contributed by atoms with Gasteiger partial charge in [-0.3, -0.25) is 4.68 Å². The van der Waals surface area contributed by atoms with Crippen LogP contribution in [0.1, 0.15) is 19.5 Å². The minimum atomic E-state index is 0.451. The van der Waals surface area contributed by atoms with Gasteiger partial charge in [0, 0.05) is 32.0 Å². The molecule has 0 unspecified atom stereocenters. The van der Waals surface area contributed by atoms with E-state index in [0.717, 1.165) is 23.6 Å². The average Bonchev–Trinajstić information content (AvgIpc) is 2.74. The minimum absolute atomic E-state index is 0.451. The van der Waals surface area contributed by atoms with Gasteiger partial charge in [-0.1, -0.05) is 13.8 Å². The maximum absolute atomic E-state index is 4.50. The molecule has 0 fully saturated rings. The summed E-state index contributed by atoms with van der Waals surface area (Å²) in [6.07, 6.45) is 5.47. The third-order valence-corrected chi connectivity index (χ3v) is 2.37. The van der Waals surface area contributed by atoms with Gasteiger partial charge < -0.3 is 5.32 Å². The average molecular weight is 231 g/mol. The normalized spacial score (nSPS) is 11.1. The predicted molar refractivity (Wildman–Crippen MR) is 66.2 cm³/mol. The molecule has 1 N–H and O–H groups in total. The molecule has 0 aliphatic carbocycles. The Morgan fingerprint density at radius 3 is 2.88 bits per heavy atom. The molecule has 0 amide bonds. The number of aryl methyl sites for hydroxylation is 1. The van der Waals surface area contributed by atoms with Gasteiger partial charge in [0.2, 0.25) is 0 Å². The standard InChI is InChI=1S/C12H17N5/c1-9(2)14-7-11-4-5-13-12(16-11)10-6-15-17(3)8-10/h4-6,8-9,14H,7H2,1-3H3. The maximum Gasteiger partial charge on any atom is 0.162 e. The molecule has 0 saturated heterocycles. The predicted octanol–water partition coefficient (Wildman–Crippen LogP) is 1.38. The van der Waals surface area contributed by atoms with Crippen molar-refractivity contribution in [1.29, 1.82) is 0 Å². The molecule has 0 aliphatic heterocycles. The number of aromatic nitrogens is 4. The van der Waals surface area contributed by atoms with Gasteiger partial charge in [0.05, 0.1) is 17.5 Å². The van der Waals surface area contributed by atoms with Crippen molar-refractivity contribution in [3.63, 3.8) is 0 Å². The summed E-state index contributed by atoms with van der Waals surface area (Å²) in [5.41, 5.74) is 1.94. The van der Waals surface area contributed by atoms with Gasteiger partial charge in [0.1, 0.15) is 0 Å². The van der Waals surface area contributed by atoms with Crippen LogP contribution in [0.25, 0.3) is 11.4 Å². The SMILES string of the molecule is CC(C)NCc1ccnc(-c2cnn(C)c2)n1. The molecule has 0 aromatic carbocycles. The van der Waals surface area contributed by atoms with Gasteiger partial charge in [-0.15, -0.1) is 0 Å². The fraction of sp³-hybridized carbons (Fsp3) is 0.417. The van der Waals surface area contributed by atoms with Gasteiger partial charge in [0.15, 0.2) is 5.82 Å². The van der Waals surface area contributed by atoms with Crippen LogP contribution in [0.5, 0.6) is 0 Å². The van der Waals surface area contributed by atoms with Crippen LogP contribution < -0.4 is 5.32 Å². The largest absolute Gasteiger partial charge is 0.309 e. The van der Waals surface area contributed by atoms with E-state index in [1.165, 1.54) is 0 Å². The number of nitrogens with one attached hydrogen (secondary N) is 1. The topological polar surface area (TPSA) is 55.6 Å². The molecule has 0 saturated carbocycles. The van der Waals surface area contributed by atoms with Crippen LogP contribution in [-0.2, 0) is 13.6 Å². The van der Waals surface area contributed by atoms with Gasteiger partial charge in [-0.25, -0.2) is 9.97 Å². The molecule has 2 rings (SSSR count). The molecule has 0 spiro atoms. The van der Waals surface area contributed by atoms with Crippen molar-refractivity contribution in [2.45, 2.75) is 26.4 Å². The van der Waals surface area contributed by atoms with Crippen LogP contribution in [0, 0.1) is 0 Å².